The van der Waals surface area contributed by atoms with E-state index in [9.17, 15) is 9.59 Å². The first-order chi connectivity index (χ1) is 13.5. The molecule has 2 N–H and O–H groups in total. The van der Waals surface area contributed by atoms with Gasteiger partial charge in [0.15, 0.2) is 0 Å². The lowest BCUT2D eigenvalue weighted by atomic mass is 10.1. The standard InChI is InChI=1S/C21H23N3O4/c1-13-16-6-3-4-8-18(16)28-19(13)14(2)22-21(26)23-17-7-5-10-24(20(17)25)15-9-11-27-12-15/h3-8,10,14-15H,9,11-12H2,1-2H3,(H2,22,23,26)/t14-,15?/m1/s1. The van der Waals surface area contributed by atoms with Crippen LogP contribution in [0.1, 0.15) is 36.8 Å². The van der Waals surface area contributed by atoms with Crippen LogP contribution in [-0.4, -0.2) is 23.8 Å². The molecule has 0 bridgehead atoms. The van der Waals surface area contributed by atoms with Crippen LogP contribution in [0.25, 0.3) is 11.0 Å². The summed E-state index contributed by atoms with van der Waals surface area (Å²) in [6, 6.07) is 10.3. The van der Waals surface area contributed by atoms with Gasteiger partial charge in [-0.15, -0.1) is 0 Å². The minimum absolute atomic E-state index is 0.00873. The van der Waals surface area contributed by atoms with E-state index in [1.54, 1.807) is 22.9 Å². The Morgan fingerprint density at radius 2 is 2.07 bits per heavy atom. The van der Waals surface area contributed by atoms with E-state index in [0.29, 0.717) is 19.0 Å². The Morgan fingerprint density at radius 1 is 1.25 bits per heavy atom. The van der Waals surface area contributed by atoms with Crippen LogP contribution in [0.2, 0.25) is 0 Å². The predicted octanol–water partition coefficient (Wildman–Crippen LogP) is 3.75. The van der Waals surface area contributed by atoms with Crippen LogP contribution in [0.3, 0.4) is 0 Å². The summed E-state index contributed by atoms with van der Waals surface area (Å²) < 4.78 is 12.9. The van der Waals surface area contributed by atoms with Gasteiger partial charge in [-0.25, -0.2) is 4.79 Å². The number of furan rings is 1. The number of hydrogen-bond acceptors (Lipinski definition) is 4. The number of aromatic nitrogens is 1. The van der Waals surface area contributed by atoms with Gasteiger partial charge in [0, 0.05) is 23.8 Å². The number of fused-ring (bicyclic) bond motifs is 1. The highest BCUT2D eigenvalue weighted by atomic mass is 16.5. The van der Waals surface area contributed by atoms with Crippen LogP contribution in [0.4, 0.5) is 10.5 Å². The van der Waals surface area contributed by atoms with Gasteiger partial charge in [0.1, 0.15) is 17.0 Å². The molecule has 1 fully saturated rings. The van der Waals surface area contributed by atoms with Crippen molar-refractivity contribution in [2.24, 2.45) is 0 Å². The number of aryl methyl sites for hydroxylation is 1. The van der Waals surface area contributed by atoms with Gasteiger partial charge in [-0.05, 0) is 38.5 Å². The average Bonchev–Trinajstić information content (AvgIpc) is 3.32. The zero-order chi connectivity index (χ0) is 19.7. The molecule has 1 unspecified atom stereocenters. The van der Waals surface area contributed by atoms with Crippen molar-refractivity contribution in [1.82, 2.24) is 9.88 Å². The van der Waals surface area contributed by atoms with Gasteiger partial charge in [0.2, 0.25) is 0 Å². The van der Waals surface area contributed by atoms with Crippen LogP contribution >= 0.6 is 0 Å². The van der Waals surface area contributed by atoms with Gasteiger partial charge in [-0.3, -0.25) is 4.79 Å². The molecule has 1 aromatic carbocycles. The highest BCUT2D eigenvalue weighted by molar-refractivity contribution is 5.89. The molecule has 0 spiro atoms. The Kier molecular flexibility index (Phi) is 4.92. The summed E-state index contributed by atoms with van der Waals surface area (Å²) in [6.07, 6.45) is 2.52. The predicted molar refractivity (Wildman–Crippen MR) is 107 cm³/mol. The SMILES string of the molecule is Cc1c([C@@H](C)NC(=O)Nc2cccn(C3CCOC3)c2=O)oc2ccccc12. The van der Waals surface area contributed by atoms with Crippen molar-refractivity contribution >= 4 is 22.7 Å². The molecular formula is C21H23N3O4. The molecule has 3 heterocycles. The summed E-state index contributed by atoms with van der Waals surface area (Å²) in [6.45, 7) is 4.97. The summed E-state index contributed by atoms with van der Waals surface area (Å²) in [5, 5.41) is 6.53. The van der Waals surface area contributed by atoms with E-state index >= 15 is 0 Å². The molecule has 28 heavy (non-hydrogen) atoms. The Bertz CT molecular complexity index is 1060. The maximum Gasteiger partial charge on any atom is 0.319 e. The monoisotopic (exact) mass is 381 g/mol. The van der Waals surface area contributed by atoms with Gasteiger partial charge in [0.05, 0.1) is 18.7 Å². The Morgan fingerprint density at radius 3 is 2.82 bits per heavy atom. The Balaban J connectivity index is 1.49. The first kappa shape index (κ1) is 18.3. The fourth-order valence-corrected chi connectivity index (χ4v) is 3.66. The Labute approximate surface area is 162 Å². The highest BCUT2D eigenvalue weighted by Crippen LogP contribution is 2.29. The molecule has 1 aliphatic heterocycles. The number of pyridine rings is 1. The number of carbonyl (C=O) groups excluding carboxylic acids is 1. The molecule has 7 heteroatoms. The zero-order valence-corrected chi connectivity index (χ0v) is 15.9. The molecule has 0 aliphatic carbocycles. The second-order valence-electron chi connectivity index (χ2n) is 7.06. The molecule has 4 rings (SSSR count). The van der Waals surface area contributed by atoms with E-state index < -0.39 is 6.03 Å². The minimum atomic E-state index is -0.454. The van der Waals surface area contributed by atoms with E-state index in [-0.39, 0.29) is 23.3 Å². The summed E-state index contributed by atoms with van der Waals surface area (Å²) in [7, 11) is 0. The number of rotatable bonds is 4. The van der Waals surface area contributed by atoms with Gasteiger partial charge in [-0.2, -0.15) is 0 Å². The third-order valence-corrected chi connectivity index (χ3v) is 5.14. The number of nitrogens with one attached hydrogen (secondary N) is 2. The second kappa shape index (κ2) is 7.52. The molecule has 146 valence electrons. The van der Waals surface area contributed by atoms with E-state index in [0.717, 1.165) is 23.0 Å². The van der Waals surface area contributed by atoms with E-state index in [1.807, 2.05) is 38.1 Å². The van der Waals surface area contributed by atoms with Crippen LogP contribution in [0.15, 0.2) is 51.8 Å². The smallest absolute Gasteiger partial charge is 0.319 e. The van der Waals surface area contributed by atoms with Crippen LogP contribution in [0, 0.1) is 6.92 Å². The van der Waals surface area contributed by atoms with Crippen LogP contribution in [-0.2, 0) is 4.74 Å². The molecule has 0 radical (unpaired) electrons. The molecule has 2 amide bonds. The minimum Gasteiger partial charge on any atom is -0.459 e. The van der Waals surface area contributed by atoms with E-state index in [4.69, 9.17) is 9.15 Å². The number of anilines is 1. The summed E-state index contributed by atoms with van der Waals surface area (Å²) >= 11 is 0. The van der Waals surface area contributed by atoms with Crippen LogP contribution in [0.5, 0.6) is 0 Å². The lowest BCUT2D eigenvalue weighted by Gasteiger charge is -2.16. The first-order valence-corrected chi connectivity index (χ1v) is 9.39. The quantitative estimate of drug-likeness (QED) is 0.721. The lowest BCUT2D eigenvalue weighted by Crippen LogP contribution is -2.35. The molecule has 1 aliphatic rings. The second-order valence-corrected chi connectivity index (χ2v) is 7.06. The summed E-state index contributed by atoms with van der Waals surface area (Å²) in [5.74, 6) is 0.699. The van der Waals surface area contributed by atoms with Crippen molar-refractivity contribution in [3.8, 4) is 0 Å². The number of urea groups is 1. The average molecular weight is 381 g/mol. The van der Waals surface area contributed by atoms with E-state index in [2.05, 4.69) is 10.6 Å². The Hall–Kier alpha value is -3.06. The fourth-order valence-electron chi connectivity index (χ4n) is 3.66. The number of ether oxygens (including phenoxy) is 1. The maximum absolute atomic E-state index is 12.7. The van der Waals surface area contributed by atoms with Gasteiger partial charge in [0.25, 0.3) is 5.56 Å². The van der Waals surface area contributed by atoms with E-state index in [1.165, 1.54) is 0 Å². The van der Waals surface area contributed by atoms with Crippen LogP contribution < -0.4 is 16.2 Å². The van der Waals surface area contributed by atoms with Crippen molar-refractivity contribution < 1.29 is 13.9 Å². The number of nitrogens with zero attached hydrogens (tertiary/aromatic N) is 1. The van der Waals surface area contributed by atoms with Crippen molar-refractivity contribution in [2.45, 2.75) is 32.4 Å². The third kappa shape index (κ3) is 3.41. The van der Waals surface area contributed by atoms with Gasteiger partial charge < -0.3 is 24.4 Å². The maximum atomic E-state index is 12.7. The number of amides is 2. The van der Waals surface area contributed by atoms with Crippen molar-refractivity contribution in [3.05, 3.63) is 64.3 Å². The largest absolute Gasteiger partial charge is 0.459 e. The molecule has 2 aromatic heterocycles. The molecular weight excluding hydrogens is 358 g/mol. The molecule has 2 atom stereocenters. The van der Waals surface area contributed by atoms with Gasteiger partial charge >= 0.3 is 6.03 Å². The summed E-state index contributed by atoms with van der Waals surface area (Å²) in [4.78, 5) is 25.1. The van der Waals surface area contributed by atoms with Crippen molar-refractivity contribution in [1.29, 1.82) is 0 Å². The molecule has 1 saturated heterocycles. The van der Waals surface area contributed by atoms with Gasteiger partial charge in [-0.1, -0.05) is 18.2 Å². The topological polar surface area (TPSA) is 85.5 Å². The number of carbonyl (C=O) groups is 1. The van der Waals surface area contributed by atoms with Crippen molar-refractivity contribution in [3.63, 3.8) is 0 Å². The normalized spacial score (nSPS) is 17.6. The molecule has 7 nitrogen and oxygen atoms in total. The fraction of sp³-hybridized carbons (Fsp3) is 0.333. The number of hydrogen-bond donors (Lipinski definition) is 2. The zero-order valence-electron chi connectivity index (χ0n) is 15.9. The molecule has 0 saturated carbocycles. The first-order valence-electron chi connectivity index (χ1n) is 9.39. The number of para-hydroxylation sites is 1. The van der Waals surface area contributed by atoms with Crippen molar-refractivity contribution in [2.75, 3.05) is 18.5 Å². The lowest BCUT2D eigenvalue weighted by molar-refractivity contribution is 0.186. The number of benzene rings is 1. The highest BCUT2D eigenvalue weighted by Gasteiger charge is 2.21. The third-order valence-electron chi connectivity index (χ3n) is 5.14. The summed E-state index contributed by atoms with van der Waals surface area (Å²) in [5.41, 5.74) is 1.78. The molecule has 3 aromatic rings.